The maximum absolute atomic E-state index is 12.6. The maximum Gasteiger partial charge on any atom is 0.243 e. The molecule has 0 saturated carbocycles. The van der Waals surface area contributed by atoms with Crippen LogP contribution < -0.4 is 9.64 Å². The number of aliphatic hydroxyl groups is 1. The lowest BCUT2D eigenvalue weighted by molar-refractivity contribution is -0.907. The van der Waals surface area contributed by atoms with Crippen molar-refractivity contribution in [2.75, 3.05) is 65.6 Å². The Kier molecular flexibility index (Phi) is 7.47. The highest BCUT2D eigenvalue weighted by Crippen LogP contribution is 2.20. The number of hydrogen-bond donors (Lipinski definition) is 2. The van der Waals surface area contributed by atoms with E-state index in [-0.39, 0.29) is 17.4 Å². The van der Waals surface area contributed by atoms with E-state index in [4.69, 9.17) is 9.47 Å². The Labute approximate surface area is 171 Å². The first-order chi connectivity index (χ1) is 13.9. The van der Waals surface area contributed by atoms with Crippen LogP contribution in [-0.2, 0) is 19.6 Å². The summed E-state index contributed by atoms with van der Waals surface area (Å²) < 4.78 is 37.5. The number of rotatable bonds is 7. The second-order valence-electron chi connectivity index (χ2n) is 7.41. The quantitative estimate of drug-likeness (QED) is 0.531. The van der Waals surface area contributed by atoms with Crippen LogP contribution in [0.4, 0.5) is 0 Å². The number of benzene rings is 1. The van der Waals surface area contributed by atoms with Gasteiger partial charge in [0.15, 0.2) is 0 Å². The van der Waals surface area contributed by atoms with Gasteiger partial charge in [-0.2, -0.15) is 4.31 Å². The second kappa shape index (κ2) is 9.86. The summed E-state index contributed by atoms with van der Waals surface area (Å²) in [7, 11) is -3.52. The number of amides is 1. The van der Waals surface area contributed by atoms with Crippen molar-refractivity contribution in [3.8, 4) is 5.75 Å². The summed E-state index contributed by atoms with van der Waals surface area (Å²) in [6.45, 7) is 6.82. The van der Waals surface area contributed by atoms with Crippen molar-refractivity contribution in [1.29, 1.82) is 0 Å². The van der Waals surface area contributed by atoms with E-state index in [9.17, 15) is 18.3 Å². The summed E-state index contributed by atoms with van der Waals surface area (Å²) in [5, 5.41) is 10.3. The Bertz CT molecular complexity index is 772. The van der Waals surface area contributed by atoms with Crippen LogP contribution in [0.2, 0.25) is 0 Å². The molecule has 0 bridgehead atoms. The minimum atomic E-state index is -3.52. The first-order valence-corrected chi connectivity index (χ1v) is 11.4. The van der Waals surface area contributed by atoms with Gasteiger partial charge in [-0.1, -0.05) is 0 Å². The molecule has 1 atom stereocenters. The largest absolute Gasteiger partial charge is 0.491 e. The summed E-state index contributed by atoms with van der Waals surface area (Å²) in [6.07, 6.45) is -0.634. The molecule has 0 unspecified atom stereocenters. The van der Waals surface area contributed by atoms with Gasteiger partial charge in [-0.05, 0) is 24.3 Å². The Morgan fingerprint density at radius 1 is 1.17 bits per heavy atom. The highest BCUT2D eigenvalue weighted by Gasteiger charge is 2.26. The van der Waals surface area contributed by atoms with Crippen LogP contribution in [0.3, 0.4) is 0 Å². The first-order valence-electron chi connectivity index (χ1n) is 9.94. The van der Waals surface area contributed by atoms with Gasteiger partial charge in [0.2, 0.25) is 15.9 Å². The summed E-state index contributed by atoms with van der Waals surface area (Å²) in [5.74, 6) is 0.605. The Balaban J connectivity index is 1.46. The topological polar surface area (TPSA) is 101 Å². The number of carbonyl (C=O) groups is 1. The third kappa shape index (κ3) is 5.89. The van der Waals surface area contributed by atoms with Gasteiger partial charge in [0.25, 0.3) is 0 Å². The van der Waals surface area contributed by atoms with Gasteiger partial charge in [-0.25, -0.2) is 8.42 Å². The highest BCUT2D eigenvalue weighted by molar-refractivity contribution is 7.89. The molecule has 1 aromatic rings. The average Bonchev–Trinajstić information content (AvgIpc) is 2.73. The molecule has 2 aliphatic rings. The molecule has 2 aliphatic heterocycles. The molecule has 0 aliphatic carbocycles. The van der Waals surface area contributed by atoms with E-state index >= 15 is 0 Å². The van der Waals surface area contributed by atoms with E-state index in [0.717, 1.165) is 13.1 Å². The fourth-order valence-corrected chi connectivity index (χ4v) is 4.98. The molecule has 2 fully saturated rings. The SMILES string of the molecule is CC(=O)N1CC[NH+](C[C@@H](O)COc2ccc(S(=O)(=O)N3CCOCC3)cc2)CC1. The zero-order valence-electron chi connectivity index (χ0n) is 16.7. The average molecular weight is 429 g/mol. The van der Waals surface area contributed by atoms with E-state index in [0.29, 0.717) is 51.7 Å². The van der Waals surface area contributed by atoms with Crippen LogP contribution in [0.25, 0.3) is 0 Å². The Hall–Kier alpha value is -1.72. The monoisotopic (exact) mass is 428 g/mol. The standard InChI is InChI=1S/C19H29N3O6S/c1-16(23)21-8-6-20(7-9-21)14-17(24)15-28-18-2-4-19(5-3-18)29(25,26)22-10-12-27-13-11-22/h2-5,17,24H,6-15H2,1H3/p+1/t17-/m1/s1. The van der Waals surface area contributed by atoms with E-state index in [1.807, 2.05) is 4.90 Å². The third-order valence-electron chi connectivity index (χ3n) is 5.31. The lowest BCUT2D eigenvalue weighted by atomic mass is 10.2. The van der Waals surface area contributed by atoms with Crippen molar-refractivity contribution in [3.63, 3.8) is 0 Å². The summed E-state index contributed by atoms with van der Waals surface area (Å²) in [6, 6.07) is 6.27. The molecule has 2 N–H and O–H groups in total. The van der Waals surface area contributed by atoms with Gasteiger partial charge in [-0.15, -0.1) is 0 Å². The summed E-state index contributed by atoms with van der Waals surface area (Å²) in [4.78, 5) is 14.6. The molecule has 3 rings (SSSR count). The van der Waals surface area contributed by atoms with Crippen molar-refractivity contribution in [2.45, 2.75) is 17.9 Å². The smallest absolute Gasteiger partial charge is 0.243 e. The number of sulfonamides is 1. The Morgan fingerprint density at radius 3 is 2.38 bits per heavy atom. The van der Waals surface area contributed by atoms with E-state index < -0.39 is 16.1 Å². The van der Waals surface area contributed by atoms with Crippen LogP contribution in [0.1, 0.15) is 6.92 Å². The fraction of sp³-hybridized carbons (Fsp3) is 0.632. The minimum absolute atomic E-state index is 0.0898. The molecule has 0 radical (unpaired) electrons. The molecule has 9 nitrogen and oxygen atoms in total. The van der Waals surface area contributed by atoms with Crippen molar-refractivity contribution < 1.29 is 32.7 Å². The zero-order valence-corrected chi connectivity index (χ0v) is 17.6. The number of aliphatic hydroxyl groups excluding tert-OH is 1. The van der Waals surface area contributed by atoms with Gasteiger partial charge in [0, 0.05) is 20.0 Å². The zero-order chi connectivity index (χ0) is 20.9. The predicted octanol–water partition coefficient (Wildman–Crippen LogP) is -1.81. The molecular formula is C19H30N3O6S+. The van der Waals surface area contributed by atoms with Crippen molar-refractivity contribution in [3.05, 3.63) is 24.3 Å². The number of morpholine rings is 1. The maximum atomic E-state index is 12.6. The molecular weight excluding hydrogens is 398 g/mol. The van der Waals surface area contributed by atoms with Crippen LogP contribution in [0, 0.1) is 0 Å². The molecule has 29 heavy (non-hydrogen) atoms. The van der Waals surface area contributed by atoms with Crippen molar-refractivity contribution in [1.82, 2.24) is 9.21 Å². The molecule has 10 heteroatoms. The number of nitrogens with zero attached hydrogens (tertiary/aromatic N) is 2. The third-order valence-corrected chi connectivity index (χ3v) is 7.23. The highest BCUT2D eigenvalue weighted by atomic mass is 32.2. The van der Waals surface area contributed by atoms with Crippen LogP contribution in [-0.4, -0.2) is 100 Å². The predicted molar refractivity (Wildman–Crippen MR) is 105 cm³/mol. The van der Waals surface area contributed by atoms with E-state index in [2.05, 4.69) is 0 Å². The van der Waals surface area contributed by atoms with Crippen molar-refractivity contribution >= 4 is 15.9 Å². The molecule has 0 aromatic heterocycles. The first kappa shape index (κ1) is 22.0. The number of hydrogen-bond acceptors (Lipinski definition) is 6. The molecule has 1 amide bonds. The van der Waals surface area contributed by atoms with Crippen molar-refractivity contribution in [2.24, 2.45) is 0 Å². The number of carbonyl (C=O) groups excluding carboxylic acids is 1. The number of ether oxygens (including phenoxy) is 2. The normalized spacial score (nSPS) is 20.4. The second-order valence-corrected chi connectivity index (χ2v) is 9.35. The van der Waals surface area contributed by atoms with Gasteiger partial charge in [0.05, 0.1) is 44.3 Å². The van der Waals surface area contributed by atoms with Gasteiger partial charge in [0.1, 0.15) is 25.0 Å². The fourth-order valence-electron chi connectivity index (χ4n) is 3.57. The Morgan fingerprint density at radius 2 is 1.79 bits per heavy atom. The molecule has 2 heterocycles. The van der Waals surface area contributed by atoms with E-state index in [1.165, 1.54) is 21.3 Å². The molecule has 2 saturated heterocycles. The van der Waals surface area contributed by atoms with Gasteiger partial charge in [-0.3, -0.25) is 4.79 Å². The number of quaternary nitrogens is 1. The van der Waals surface area contributed by atoms with E-state index in [1.54, 1.807) is 19.1 Å². The van der Waals surface area contributed by atoms with Crippen LogP contribution >= 0.6 is 0 Å². The number of piperazine rings is 1. The summed E-state index contributed by atoms with van der Waals surface area (Å²) in [5.41, 5.74) is 0. The molecule has 1 aromatic carbocycles. The minimum Gasteiger partial charge on any atom is -0.491 e. The molecule has 0 spiro atoms. The lowest BCUT2D eigenvalue weighted by Gasteiger charge is -2.32. The lowest BCUT2D eigenvalue weighted by Crippen LogP contribution is -3.15. The number of nitrogens with one attached hydrogen (secondary N) is 1. The summed E-state index contributed by atoms with van der Waals surface area (Å²) >= 11 is 0. The van der Waals surface area contributed by atoms with Crippen LogP contribution in [0.15, 0.2) is 29.2 Å². The van der Waals surface area contributed by atoms with Gasteiger partial charge >= 0.3 is 0 Å². The van der Waals surface area contributed by atoms with Gasteiger partial charge < -0.3 is 24.4 Å². The van der Waals surface area contributed by atoms with Crippen LogP contribution in [0.5, 0.6) is 5.75 Å². The molecule has 162 valence electrons.